The van der Waals surface area contributed by atoms with E-state index in [1.807, 2.05) is 24.3 Å². The van der Waals surface area contributed by atoms with Crippen LogP contribution in [0.1, 0.15) is 55.5 Å². The molecule has 0 radical (unpaired) electrons. The average molecular weight is 372 g/mol. The Morgan fingerprint density at radius 1 is 1.30 bits per heavy atom. The molecule has 0 bridgehead atoms. The highest BCUT2D eigenvalue weighted by Crippen LogP contribution is 2.30. The summed E-state index contributed by atoms with van der Waals surface area (Å²) in [6.07, 6.45) is 6.67. The first-order chi connectivity index (χ1) is 13.2. The molecule has 1 unspecified atom stereocenters. The number of aryl methyl sites for hydroxylation is 1. The molecule has 0 spiro atoms. The van der Waals surface area contributed by atoms with Crippen LogP contribution in [0.5, 0.6) is 11.5 Å². The summed E-state index contributed by atoms with van der Waals surface area (Å²) in [5.41, 5.74) is 2.05. The Bertz CT molecular complexity index is 756. The van der Waals surface area contributed by atoms with Crippen molar-refractivity contribution in [3.05, 3.63) is 47.4 Å². The van der Waals surface area contributed by atoms with Gasteiger partial charge >= 0.3 is 6.03 Å². The molecule has 0 aliphatic heterocycles. The molecule has 146 valence electrons. The van der Waals surface area contributed by atoms with E-state index in [1.54, 1.807) is 13.4 Å². The van der Waals surface area contributed by atoms with Crippen LogP contribution in [0.25, 0.3) is 0 Å². The molecular weight excluding hydrogens is 344 g/mol. The van der Waals surface area contributed by atoms with Crippen LogP contribution in [0.15, 0.2) is 34.9 Å². The average Bonchev–Trinajstić information content (AvgIpc) is 3.17. The van der Waals surface area contributed by atoms with Gasteiger partial charge in [-0.2, -0.15) is 0 Å². The van der Waals surface area contributed by atoms with Crippen LogP contribution < -0.4 is 20.1 Å². The molecule has 1 atom stereocenters. The number of ether oxygens (including phenoxy) is 2. The fourth-order valence-electron chi connectivity index (χ4n) is 3.30. The lowest BCUT2D eigenvalue weighted by Gasteiger charge is -2.23. The van der Waals surface area contributed by atoms with Crippen molar-refractivity contribution in [3.63, 3.8) is 0 Å². The molecule has 2 N–H and O–H groups in total. The topological polar surface area (TPSA) is 72.7 Å². The number of rotatable bonds is 8. The lowest BCUT2D eigenvalue weighted by Crippen LogP contribution is -2.38. The van der Waals surface area contributed by atoms with Gasteiger partial charge in [-0.1, -0.05) is 19.4 Å². The van der Waals surface area contributed by atoms with Crippen molar-refractivity contribution < 1.29 is 18.7 Å². The van der Waals surface area contributed by atoms with Crippen LogP contribution in [0.4, 0.5) is 4.79 Å². The number of urea groups is 1. The van der Waals surface area contributed by atoms with Crippen LogP contribution in [-0.4, -0.2) is 19.7 Å². The fraction of sp³-hybridized carbons (Fsp3) is 0.476. The van der Waals surface area contributed by atoms with Crippen molar-refractivity contribution in [2.24, 2.45) is 0 Å². The summed E-state index contributed by atoms with van der Waals surface area (Å²) >= 11 is 0. The van der Waals surface area contributed by atoms with Gasteiger partial charge in [0, 0.05) is 18.5 Å². The van der Waals surface area contributed by atoms with Crippen LogP contribution >= 0.6 is 0 Å². The zero-order valence-electron chi connectivity index (χ0n) is 16.0. The number of hydrogen-bond donors (Lipinski definition) is 2. The summed E-state index contributed by atoms with van der Waals surface area (Å²) in [6, 6.07) is 7.51. The molecule has 1 aromatic carbocycles. The van der Waals surface area contributed by atoms with Gasteiger partial charge in [0.05, 0.1) is 26.0 Å². The summed E-state index contributed by atoms with van der Waals surface area (Å²) < 4.78 is 16.6. The number of unbranched alkanes of at least 4 members (excludes halogenated alkanes) is 1. The number of benzene rings is 1. The highest BCUT2D eigenvalue weighted by molar-refractivity contribution is 5.74. The lowest BCUT2D eigenvalue weighted by atomic mass is 9.93. The van der Waals surface area contributed by atoms with Crippen LogP contribution in [0.3, 0.4) is 0 Å². The minimum absolute atomic E-state index is 0.0105. The summed E-state index contributed by atoms with van der Waals surface area (Å²) in [5.74, 6) is 2.39. The molecule has 1 aliphatic carbocycles. The number of amides is 2. The molecular formula is C21H28N2O4. The summed E-state index contributed by atoms with van der Waals surface area (Å²) in [5, 5.41) is 5.96. The maximum atomic E-state index is 12.3. The van der Waals surface area contributed by atoms with Crippen LogP contribution in [0.2, 0.25) is 0 Å². The van der Waals surface area contributed by atoms with Gasteiger partial charge in [-0.15, -0.1) is 0 Å². The highest BCUT2D eigenvalue weighted by atomic mass is 16.5. The zero-order valence-corrected chi connectivity index (χ0v) is 16.0. The van der Waals surface area contributed by atoms with E-state index in [2.05, 4.69) is 17.6 Å². The molecule has 2 aromatic rings. The predicted octanol–water partition coefficient (Wildman–Crippen LogP) is 4.34. The molecule has 1 heterocycles. The molecule has 2 amide bonds. The standard InChI is InChI=1S/C21H28N2O4/c1-3-4-11-26-19-9-8-15(13-20(19)25-2)14-22-21(24)23-17-6-5-7-18-16(17)10-12-27-18/h8-10,12-13,17H,3-7,11,14H2,1-2H3,(H2,22,23,24). The van der Waals surface area contributed by atoms with Gasteiger partial charge in [-0.3, -0.25) is 0 Å². The van der Waals surface area contributed by atoms with Gasteiger partial charge in [0.2, 0.25) is 0 Å². The quantitative estimate of drug-likeness (QED) is 0.676. The molecule has 27 heavy (non-hydrogen) atoms. The van der Waals surface area contributed by atoms with E-state index in [4.69, 9.17) is 13.9 Å². The smallest absolute Gasteiger partial charge is 0.315 e. The van der Waals surface area contributed by atoms with E-state index in [1.165, 1.54) is 0 Å². The monoisotopic (exact) mass is 372 g/mol. The van der Waals surface area contributed by atoms with Crippen LogP contribution in [-0.2, 0) is 13.0 Å². The molecule has 0 saturated carbocycles. The lowest BCUT2D eigenvalue weighted by molar-refractivity contribution is 0.234. The van der Waals surface area contributed by atoms with E-state index in [9.17, 15) is 4.79 Å². The predicted molar refractivity (Wildman–Crippen MR) is 103 cm³/mol. The Balaban J connectivity index is 1.53. The van der Waals surface area contributed by atoms with Crippen molar-refractivity contribution in [1.82, 2.24) is 10.6 Å². The van der Waals surface area contributed by atoms with Gasteiger partial charge in [-0.05, 0) is 43.0 Å². The van der Waals surface area contributed by atoms with E-state index in [0.29, 0.717) is 18.9 Å². The minimum Gasteiger partial charge on any atom is -0.493 e. The second-order valence-electron chi connectivity index (χ2n) is 6.76. The second kappa shape index (κ2) is 9.35. The highest BCUT2D eigenvalue weighted by Gasteiger charge is 2.23. The third kappa shape index (κ3) is 4.96. The molecule has 0 saturated heterocycles. The summed E-state index contributed by atoms with van der Waals surface area (Å²) in [7, 11) is 1.62. The van der Waals surface area contributed by atoms with Crippen molar-refractivity contribution in [2.45, 2.75) is 51.6 Å². The van der Waals surface area contributed by atoms with Gasteiger partial charge in [0.15, 0.2) is 11.5 Å². The molecule has 6 heteroatoms. The number of furan rings is 1. The van der Waals surface area contributed by atoms with Crippen molar-refractivity contribution in [2.75, 3.05) is 13.7 Å². The maximum absolute atomic E-state index is 12.3. The van der Waals surface area contributed by atoms with Crippen molar-refractivity contribution in [1.29, 1.82) is 0 Å². The number of methoxy groups -OCH3 is 1. The SMILES string of the molecule is CCCCOc1ccc(CNC(=O)NC2CCCc3occc32)cc1OC. The van der Waals surface area contributed by atoms with Crippen LogP contribution in [0, 0.1) is 0 Å². The molecule has 0 fully saturated rings. The fourth-order valence-corrected chi connectivity index (χ4v) is 3.30. The van der Waals surface area contributed by atoms with Gasteiger partial charge in [0.1, 0.15) is 5.76 Å². The third-order valence-corrected chi connectivity index (χ3v) is 4.79. The molecule has 1 aromatic heterocycles. The number of carbonyl (C=O) groups is 1. The number of carbonyl (C=O) groups excluding carboxylic acids is 1. The zero-order chi connectivity index (χ0) is 19.1. The Labute approximate surface area is 160 Å². The molecule has 3 rings (SSSR count). The van der Waals surface area contributed by atoms with E-state index in [-0.39, 0.29) is 12.1 Å². The minimum atomic E-state index is -0.184. The number of fused-ring (bicyclic) bond motifs is 1. The summed E-state index contributed by atoms with van der Waals surface area (Å²) in [4.78, 5) is 12.3. The summed E-state index contributed by atoms with van der Waals surface area (Å²) in [6.45, 7) is 3.22. The third-order valence-electron chi connectivity index (χ3n) is 4.79. The first kappa shape index (κ1) is 19.1. The van der Waals surface area contributed by atoms with Gasteiger partial charge < -0.3 is 24.5 Å². The Hall–Kier alpha value is -2.63. The second-order valence-corrected chi connectivity index (χ2v) is 6.76. The number of nitrogens with one attached hydrogen (secondary N) is 2. The first-order valence-corrected chi connectivity index (χ1v) is 9.61. The molecule has 1 aliphatic rings. The Morgan fingerprint density at radius 3 is 3.00 bits per heavy atom. The van der Waals surface area contributed by atoms with E-state index >= 15 is 0 Å². The Morgan fingerprint density at radius 2 is 2.19 bits per heavy atom. The maximum Gasteiger partial charge on any atom is 0.315 e. The van der Waals surface area contributed by atoms with E-state index in [0.717, 1.165) is 54.7 Å². The van der Waals surface area contributed by atoms with Crippen molar-refractivity contribution in [3.8, 4) is 11.5 Å². The van der Waals surface area contributed by atoms with Gasteiger partial charge in [-0.25, -0.2) is 4.79 Å². The normalized spacial score (nSPS) is 15.7. The largest absolute Gasteiger partial charge is 0.493 e. The Kier molecular flexibility index (Phi) is 6.63. The first-order valence-electron chi connectivity index (χ1n) is 9.61. The van der Waals surface area contributed by atoms with Crippen molar-refractivity contribution >= 4 is 6.03 Å². The number of hydrogen-bond acceptors (Lipinski definition) is 4. The van der Waals surface area contributed by atoms with Gasteiger partial charge in [0.25, 0.3) is 0 Å². The molecule has 6 nitrogen and oxygen atoms in total. The van der Waals surface area contributed by atoms with E-state index < -0.39 is 0 Å².